The van der Waals surface area contributed by atoms with Gasteiger partial charge in [0.15, 0.2) is 6.23 Å². The van der Waals surface area contributed by atoms with Crippen molar-refractivity contribution in [3.05, 3.63) is 32.6 Å². The van der Waals surface area contributed by atoms with Crippen LogP contribution in [0.15, 0.2) is 15.7 Å². The number of aromatic nitrogens is 2. The average Bonchev–Trinajstić information content (AvgIpc) is 2.56. The Labute approximate surface area is 101 Å². The summed E-state index contributed by atoms with van der Waals surface area (Å²) in [6.45, 7) is 1.03. The highest BCUT2D eigenvalue weighted by Gasteiger charge is 2.44. The van der Waals surface area contributed by atoms with Crippen LogP contribution in [0.4, 0.5) is 0 Å². The van der Waals surface area contributed by atoms with Gasteiger partial charge in [-0.25, -0.2) is 4.79 Å². The maximum atomic E-state index is 11.7. The normalized spacial score (nSPS) is 31.8. The number of aliphatic hydroxyl groups is 3. The number of nitrogens with zero attached hydrogens (tertiary/aromatic N) is 1. The highest BCUT2D eigenvalue weighted by atomic mass is 16.6. The van der Waals surface area contributed by atoms with Crippen LogP contribution < -0.4 is 11.2 Å². The van der Waals surface area contributed by atoms with Crippen LogP contribution in [-0.4, -0.2) is 49.8 Å². The van der Waals surface area contributed by atoms with E-state index in [-0.39, 0.29) is 0 Å². The number of nitrogens with one attached hydrogen (secondary N) is 1. The standard InChI is InChI=1S/C10H14N2O6/c1-4-2-6(14)11-10(17)12(4)9-8(16)7(15)5(3-13)18-9/h2,5,7-9,13,15-16H,3H2,1H3,(H,11,14,17)/t5-,7-,8-,9-/m1/s1. The first kappa shape index (κ1) is 13.0. The lowest BCUT2D eigenvalue weighted by molar-refractivity contribution is -0.0559. The van der Waals surface area contributed by atoms with Gasteiger partial charge in [-0.15, -0.1) is 0 Å². The molecule has 18 heavy (non-hydrogen) atoms. The topological polar surface area (TPSA) is 125 Å². The predicted octanol–water partition coefficient (Wildman–Crippen LogP) is -2.54. The van der Waals surface area contributed by atoms with Gasteiger partial charge in [-0.3, -0.25) is 14.3 Å². The van der Waals surface area contributed by atoms with Gasteiger partial charge in [-0.1, -0.05) is 0 Å². The number of ether oxygens (including phenoxy) is 1. The Morgan fingerprint density at radius 1 is 1.39 bits per heavy atom. The third kappa shape index (κ3) is 1.99. The van der Waals surface area contributed by atoms with Crippen LogP contribution in [0, 0.1) is 6.92 Å². The van der Waals surface area contributed by atoms with Crippen molar-refractivity contribution in [2.24, 2.45) is 0 Å². The van der Waals surface area contributed by atoms with Crippen LogP contribution in [0.2, 0.25) is 0 Å². The minimum absolute atomic E-state index is 0.290. The van der Waals surface area contributed by atoms with Crippen molar-refractivity contribution in [1.29, 1.82) is 0 Å². The zero-order chi connectivity index (χ0) is 13.4. The molecule has 100 valence electrons. The molecule has 1 saturated heterocycles. The first-order valence-electron chi connectivity index (χ1n) is 5.40. The summed E-state index contributed by atoms with van der Waals surface area (Å²) in [6, 6.07) is 1.18. The van der Waals surface area contributed by atoms with Crippen LogP contribution in [-0.2, 0) is 4.74 Å². The zero-order valence-corrected chi connectivity index (χ0v) is 9.61. The summed E-state index contributed by atoms with van der Waals surface area (Å²) in [4.78, 5) is 24.8. The minimum atomic E-state index is -1.36. The van der Waals surface area contributed by atoms with Crippen molar-refractivity contribution in [3.63, 3.8) is 0 Å². The maximum absolute atomic E-state index is 11.7. The molecule has 0 aromatic carbocycles. The Hall–Kier alpha value is -1.48. The van der Waals surface area contributed by atoms with Crippen LogP contribution in [0.1, 0.15) is 11.9 Å². The van der Waals surface area contributed by atoms with Gasteiger partial charge in [-0.05, 0) is 6.92 Å². The van der Waals surface area contributed by atoms with Crippen molar-refractivity contribution in [2.75, 3.05) is 6.61 Å². The van der Waals surface area contributed by atoms with E-state index in [2.05, 4.69) is 0 Å². The quantitative estimate of drug-likeness (QED) is 0.463. The Kier molecular flexibility index (Phi) is 3.35. The maximum Gasteiger partial charge on any atom is 0.330 e. The highest BCUT2D eigenvalue weighted by Crippen LogP contribution is 2.28. The Morgan fingerprint density at radius 3 is 2.56 bits per heavy atom. The van der Waals surface area contributed by atoms with Crippen LogP contribution >= 0.6 is 0 Å². The molecule has 1 fully saturated rings. The van der Waals surface area contributed by atoms with Gasteiger partial charge >= 0.3 is 5.69 Å². The van der Waals surface area contributed by atoms with Crippen molar-refractivity contribution in [1.82, 2.24) is 9.55 Å². The first-order valence-corrected chi connectivity index (χ1v) is 5.40. The number of aliphatic hydroxyl groups excluding tert-OH is 3. The van der Waals surface area contributed by atoms with E-state index in [1.54, 1.807) is 0 Å². The summed E-state index contributed by atoms with van der Waals surface area (Å²) in [7, 11) is 0. The number of hydrogen-bond donors (Lipinski definition) is 4. The van der Waals surface area contributed by atoms with Gasteiger partial charge in [0.2, 0.25) is 0 Å². The average molecular weight is 258 g/mol. The summed E-state index contributed by atoms with van der Waals surface area (Å²) >= 11 is 0. The molecule has 1 aromatic rings. The number of H-pyrrole nitrogens is 1. The minimum Gasteiger partial charge on any atom is -0.394 e. The fourth-order valence-corrected chi connectivity index (χ4v) is 2.03. The van der Waals surface area contributed by atoms with E-state index in [0.717, 1.165) is 4.57 Å². The number of aromatic amines is 1. The number of aryl methyl sites for hydroxylation is 1. The van der Waals surface area contributed by atoms with Crippen molar-refractivity contribution in [2.45, 2.75) is 31.5 Å². The smallest absolute Gasteiger partial charge is 0.330 e. The second kappa shape index (κ2) is 4.65. The number of hydrogen-bond acceptors (Lipinski definition) is 6. The lowest BCUT2D eigenvalue weighted by Gasteiger charge is -2.19. The molecular formula is C10H14N2O6. The van der Waals surface area contributed by atoms with Gasteiger partial charge < -0.3 is 20.1 Å². The third-order valence-electron chi connectivity index (χ3n) is 2.94. The lowest BCUT2D eigenvalue weighted by atomic mass is 10.1. The van der Waals surface area contributed by atoms with E-state index >= 15 is 0 Å². The molecule has 0 amide bonds. The molecule has 0 radical (unpaired) electrons. The second-order valence-corrected chi connectivity index (χ2v) is 4.18. The molecule has 0 aliphatic carbocycles. The largest absolute Gasteiger partial charge is 0.394 e. The third-order valence-corrected chi connectivity index (χ3v) is 2.94. The summed E-state index contributed by atoms with van der Waals surface area (Å²) in [5.41, 5.74) is -1.01. The van der Waals surface area contributed by atoms with Crippen LogP contribution in [0.3, 0.4) is 0 Å². The summed E-state index contributed by atoms with van der Waals surface area (Å²) < 4.78 is 6.25. The molecule has 4 N–H and O–H groups in total. The first-order chi connectivity index (χ1) is 8.45. The van der Waals surface area contributed by atoms with Gasteiger partial charge in [0.05, 0.1) is 6.61 Å². The lowest BCUT2D eigenvalue weighted by Crippen LogP contribution is -2.39. The zero-order valence-electron chi connectivity index (χ0n) is 9.61. The molecular weight excluding hydrogens is 244 g/mol. The monoisotopic (exact) mass is 258 g/mol. The molecule has 8 heteroatoms. The van der Waals surface area contributed by atoms with Crippen molar-refractivity contribution >= 4 is 0 Å². The molecule has 2 rings (SSSR count). The van der Waals surface area contributed by atoms with Crippen LogP contribution in [0.5, 0.6) is 0 Å². The van der Waals surface area contributed by atoms with E-state index in [1.807, 2.05) is 4.98 Å². The van der Waals surface area contributed by atoms with Crippen molar-refractivity contribution < 1.29 is 20.1 Å². The molecule has 0 unspecified atom stereocenters. The molecule has 0 spiro atoms. The number of rotatable bonds is 2. The van der Waals surface area contributed by atoms with E-state index in [4.69, 9.17) is 9.84 Å². The van der Waals surface area contributed by atoms with Crippen LogP contribution in [0.25, 0.3) is 0 Å². The molecule has 2 heterocycles. The summed E-state index contributed by atoms with van der Waals surface area (Å²) in [6.07, 6.45) is -4.76. The molecule has 1 aliphatic rings. The van der Waals surface area contributed by atoms with E-state index in [0.29, 0.717) is 5.69 Å². The van der Waals surface area contributed by atoms with Gasteiger partial charge in [-0.2, -0.15) is 0 Å². The Balaban J connectivity index is 2.45. The Morgan fingerprint density at radius 2 is 2.06 bits per heavy atom. The predicted molar refractivity (Wildman–Crippen MR) is 59.1 cm³/mol. The molecule has 0 saturated carbocycles. The molecule has 1 aromatic heterocycles. The Bertz CT molecular complexity index is 550. The van der Waals surface area contributed by atoms with Gasteiger partial charge in [0, 0.05) is 11.8 Å². The highest BCUT2D eigenvalue weighted by molar-refractivity contribution is 5.02. The fraction of sp³-hybridized carbons (Fsp3) is 0.600. The van der Waals surface area contributed by atoms with E-state index in [1.165, 1.54) is 13.0 Å². The summed E-state index contributed by atoms with van der Waals surface area (Å²) in [5.74, 6) is 0. The van der Waals surface area contributed by atoms with Gasteiger partial charge in [0.25, 0.3) is 5.56 Å². The molecule has 8 nitrogen and oxygen atoms in total. The molecule has 0 bridgehead atoms. The van der Waals surface area contributed by atoms with Gasteiger partial charge in [0.1, 0.15) is 18.3 Å². The fourth-order valence-electron chi connectivity index (χ4n) is 2.03. The molecule has 1 aliphatic heterocycles. The SMILES string of the molecule is Cc1cc(=O)[nH]c(=O)n1[C@@H]1O[C@H](CO)[C@@H](O)[C@H]1O. The van der Waals surface area contributed by atoms with E-state index < -0.39 is 42.4 Å². The summed E-state index contributed by atoms with van der Waals surface area (Å²) in [5, 5.41) is 28.4. The van der Waals surface area contributed by atoms with Crippen molar-refractivity contribution in [3.8, 4) is 0 Å². The molecule has 4 atom stereocenters. The van der Waals surface area contributed by atoms with E-state index in [9.17, 15) is 19.8 Å². The second-order valence-electron chi connectivity index (χ2n) is 4.18.